The summed E-state index contributed by atoms with van der Waals surface area (Å²) in [4.78, 5) is 0. The molecule has 0 bridgehead atoms. The van der Waals surface area contributed by atoms with Gasteiger partial charge in [-0.05, 0) is 0 Å². The van der Waals surface area contributed by atoms with E-state index in [0.717, 1.165) is 0 Å². The number of rotatable bonds is 2. The van der Waals surface area contributed by atoms with E-state index < -0.39 is 30.6 Å². The molecule has 11 heteroatoms. The summed E-state index contributed by atoms with van der Waals surface area (Å²) in [5, 5.41) is 0. The highest BCUT2D eigenvalue weighted by molar-refractivity contribution is 6.66. The summed E-state index contributed by atoms with van der Waals surface area (Å²) in [7, 11) is 0. The largest absolute Gasteiger partial charge is 0.540 e. The zero-order chi connectivity index (χ0) is 12.7. The summed E-state index contributed by atoms with van der Waals surface area (Å²) in [5.74, 6) is -10.7. The standard InChI is InChI=1S/C4BF10/c6-1(2(7)5(13,14)15)3(8,9)4(10,11)12/q-1/b2-1-. The maximum Gasteiger partial charge on any atom is 0.540 e. The van der Waals surface area contributed by atoms with Crippen LogP contribution in [0.2, 0.25) is 0 Å². The van der Waals surface area contributed by atoms with Crippen molar-refractivity contribution >= 4 is 6.98 Å². The van der Waals surface area contributed by atoms with E-state index in [-0.39, 0.29) is 0 Å². The molecule has 0 amide bonds. The molecule has 0 aliphatic rings. The van der Waals surface area contributed by atoms with Gasteiger partial charge in [-0.1, -0.05) is 0 Å². The molecule has 0 fully saturated rings. The van der Waals surface area contributed by atoms with Crippen LogP contribution in [0.5, 0.6) is 0 Å². The molecule has 0 saturated heterocycles. The molecule has 0 rings (SSSR count). The van der Waals surface area contributed by atoms with Gasteiger partial charge in [-0.15, -0.1) is 0 Å². The van der Waals surface area contributed by atoms with E-state index >= 15 is 0 Å². The summed E-state index contributed by atoms with van der Waals surface area (Å²) < 4.78 is 115. The first-order valence-corrected chi connectivity index (χ1v) is 3.02. The number of hydrogen-bond donors (Lipinski definition) is 0. The van der Waals surface area contributed by atoms with Gasteiger partial charge in [0.15, 0.2) is 5.83 Å². The molecule has 0 aromatic heterocycles. The second-order valence-electron chi connectivity index (χ2n) is 2.31. The van der Waals surface area contributed by atoms with Gasteiger partial charge in [0.1, 0.15) is 0 Å². The van der Waals surface area contributed by atoms with Crippen LogP contribution in [0.25, 0.3) is 0 Å². The summed E-state index contributed by atoms with van der Waals surface area (Å²) in [5.41, 5.74) is -4.04. The summed E-state index contributed by atoms with van der Waals surface area (Å²) in [6, 6.07) is 0. The molecule has 0 heterocycles. The van der Waals surface area contributed by atoms with Crippen molar-refractivity contribution in [1.82, 2.24) is 0 Å². The average Bonchev–Trinajstić information content (AvgIpc) is 1.97. The van der Waals surface area contributed by atoms with E-state index in [1.54, 1.807) is 0 Å². The molecule has 0 N–H and O–H groups in total. The molecule has 0 aromatic rings. The smallest absolute Gasteiger partial charge is 0.443 e. The lowest BCUT2D eigenvalue weighted by Gasteiger charge is -2.21. The lowest BCUT2D eigenvalue weighted by Crippen LogP contribution is -2.39. The van der Waals surface area contributed by atoms with Gasteiger partial charge >= 0.3 is 19.1 Å². The molecule has 0 aromatic carbocycles. The van der Waals surface area contributed by atoms with Crippen LogP contribution in [0.15, 0.2) is 11.6 Å². The second kappa shape index (κ2) is 3.60. The highest BCUT2D eigenvalue weighted by atomic mass is 19.4. The average molecular weight is 249 g/mol. The van der Waals surface area contributed by atoms with Gasteiger partial charge < -0.3 is 12.9 Å². The van der Waals surface area contributed by atoms with Crippen LogP contribution < -0.4 is 0 Å². The molecule has 0 unspecified atom stereocenters. The highest BCUT2D eigenvalue weighted by Gasteiger charge is 2.63. The van der Waals surface area contributed by atoms with Gasteiger partial charge in [-0.3, -0.25) is 0 Å². The molecule has 0 radical (unpaired) electrons. The molecule has 15 heavy (non-hydrogen) atoms. The number of halogens is 10. The molecule has 90 valence electrons. The molecular weight excluding hydrogens is 249 g/mol. The number of alkyl halides is 5. The van der Waals surface area contributed by atoms with Crippen LogP contribution in [-0.2, 0) is 0 Å². The maximum atomic E-state index is 11.9. The van der Waals surface area contributed by atoms with Crippen molar-refractivity contribution in [2.75, 3.05) is 0 Å². The summed E-state index contributed by atoms with van der Waals surface area (Å²) >= 11 is 0. The van der Waals surface area contributed by atoms with Gasteiger partial charge in [-0.25, -0.2) is 8.78 Å². The molecule has 0 aliphatic heterocycles. The van der Waals surface area contributed by atoms with Gasteiger partial charge in [0, 0.05) is 0 Å². The van der Waals surface area contributed by atoms with Crippen LogP contribution in [0.3, 0.4) is 0 Å². The van der Waals surface area contributed by atoms with Crippen LogP contribution in [0.1, 0.15) is 0 Å². The van der Waals surface area contributed by atoms with E-state index in [1.807, 2.05) is 0 Å². The zero-order valence-electron chi connectivity index (χ0n) is 6.36. The third-order valence-corrected chi connectivity index (χ3v) is 1.13. The number of hydrogen-bond acceptors (Lipinski definition) is 0. The van der Waals surface area contributed by atoms with Crippen molar-refractivity contribution in [3.05, 3.63) is 11.6 Å². The molecule has 0 aliphatic carbocycles. The fourth-order valence-corrected chi connectivity index (χ4v) is 0.418. The van der Waals surface area contributed by atoms with Crippen molar-refractivity contribution in [2.45, 2.75) is 12.1 Å². The Kier molecular flexibility index (Phi) is 3.38. The van der Waals surface area contributed by atoms with Crippen LogP contribution >= 0.6 is 0 Å². The minimum atomic E-state index is -6.87. The minimum Gasteiger partial charge on any atom is -0.443 e. The molecule has 0 spiro atoms. The fraction of sp³-hybridized carbons (Fsp3) is 0.500. The Hall–Kier alpha value is -0.895. The van der Waals surface area contributed by atoms with Crippen molar-refractivity contribution < 1.29 is 43.7 Å². The monoisotopic (exact) mass is 249 g/mol. The van der Waals surface area contributed by atoms with E-state index in [2.05, 4.69) is 0 Å². The predicted octanol–water partition coefficient (Wildman–Crippen LogP) is 3.72. The third-order valence-electron chi connectivity index (χ3n) is 1.13. The van der Waals surface area contributed by atoms with Gasteiger partial charge in [-0.2, -0.15) is 22.0 Å². The van der Waals surface area contributed by atoms with E-state index in [9.17, 15) is 43.7 Å². The third kappa shape index (κ3) is 2.78. The lowest BCUT2D eigenvalue weighted by molar-refractivity contribution is -0.271. The van der Waals surface area contributed by atoms with Gasteiger partial charge in [0.25, 0.3) is 0 Å². The minimum absolute atomic E-state index is 4.04. The van der Waals surface area contributed by atoms with Crippen LogP contribution in [0.4, 0.5) is 43.7 Å². The molecule has 0 atom stereocenters. The maximum absolute atomic E-state index is 11.9. The Morgan fingerprint density at radius 1 is 0.800 bits per heavy atom. The van der Waals surface area contributed by atoms with Crippen LogP contribution in [0, 0.1) is 0 Å². The Bertz CT molecular complexity index is 268. The molecular formula is C4BF10-. The van der Waals surface area contributed by atoms with E-state index in [0.29, 0.717) is 0 Å². The zero-order valence-corrected chi connectivity index (χ0v) is 6.36. The Balaban J connectivity index is 5.44. The summed E-state index contributed by atoms with van der Waals surface area (Å²) in [6.07, 6.45) is -6.63. The van der Waals surface area contributed by atoms with Crippen LogP contribution in [-0.4, -0.2) is 19.1 Å². The first kappa shape index (κ1) is 14.1. The van der Waals surface area contributed by atoms with Gasteiger partial charge in [0.2, 0.25) is 0 Å². The SMILES string of the molecule is F/C(=C(\F)C(F)(F)C(F)(F)F)[B-](F)(F)F. The lowest BCUT2D eigenvalue weighted by atomic mass is 9.87. The quantitative estimate of drug-likeness (QED) is 0.516. The number of allylic oxidation sites excluding steroid dienone is 1. The first-order valence-electron chi connectivity index (χ1n) is 3.02. The van der Waals surface area contributed by atoms with E-state index in [1.165, 1.54) is 0 Å². The van der Waals surface area contributed by atoms with Crippen molar-refractivity contribution in [3.63, 3.8) is 0 Å². The molecule has 0 saturated carbocycles. The summed E-state index contributed by atoms with van der Waals surface area (Å²) in [6.45, 7) is -6.87. The Morgan fingerprint density at radius 2 is 1.13 bits per heavy atom. The van der Waals surface area contributed by atoms with Crippen molar-refractivity contribution in [1.29, 1.82) is 0 Å². The van der Waals surface area contributed by atoms with Crippen molar-refractivity contribution in [3.8, 4) is 0 Å². The normalized spacial score (nSPS) is 16.4. The van der Waals surface area contributed by atoms with E-state index in [4.69, 9.17) is 0 Å². The highest BCUT2D eigenvalue weighted by Crippen LogP contribution is 2.44. The Morgan fingerprint density at radius 3 is 1.33 bits per heavy atom. The topological polar surface area (TPSA) is 0 Å². The first-order chi connectivity index (χ1) is 6.32. The Labute approximate surface area is 75.6 Å². The van der Waals surface area contributed by atoms with Crippen molar-refractivity contribution in [2.24, 2.45) is 0 Å². The molecule has 0 nitrogen and oxygen atoms in total. The van der Waals surface area contributed by atoms with Gasteiger partial charge in [0.05, 0.1) is 5.73 Å². The predicted molar refractivity (Wildman–Crippen MR) is 29.3 cm³/mol. The second-order valence-corrected chi connectivity index (χ2v) is 2.31. The fourth-order valence-electron chi connectivity index (χ4n) is 0.418.